The molecule has 2 rings (SSSR count). The molecule has 2 N–H and O–H groups in total. The van der Waals surface area contributed by atoms with E-state index in [1.54, 1.807) is 0 Å². The molecule has 0 spiro atoms. The van der Waals surface area contributed by atoms with Gasteiger partial charge in [-0.3, -0.25) is 0 Å². The van der Waals surface area contributed by atoms with Crippen LogP contribution in [0, 0.1) is 0 Å². The van der Waals surface area contributed by atoms with Crippen LogP contribution in [0.4, 0.5) is 0 Å². The fourth-order valence-electron chi connectivity index (χ4n) is 1.83. The Hall–Kier alpha value is -1.71. The van der Waals surface area contributed by atoms with Crippen LogP contribution >= 0.6 is 11.6 Å². The molecule has 2 aromatic carbocycles. The summed E-state index contributed by atoms with van der Waals surface area (Å²) in [5, 5.41) is 0.552. The number of hydrogen-bond donors (Lipinski definition) is 1. The molecule has 0 aromatic heterocycles. The minimum atomic E-state index is -0.0495. The fourth-order valence-corrected chi connectivity index (χ4v) is 2.06. The van der Waals surface area contributed by atoms with Crippen molar-refractivity contribution in [2.24, 2.45) is 5.73 Å². The summed E-state index contributed by atoms with van der Waals surface area (Å²) in [6.45, 7) is 4.71. The van der Waals surface area contributed by atoms with Crippen LogP contribution in [-0.4, -0.2) is 6.61 Å². The lowest BCUT2D eigenvalue weighted by atomic mass is 10.1. The van der Waals surface area contributed by atoms with Gasteiger partial charge >= 0.3 is 0 Å². The van der Waals surface area contributed by atoms with E-state index < -0.39 is 0 Å². The topological polar surface area (TPSA) is 44.5 Å². The van der Waals surface area contributed by atoms with E-state index in [0.717, 1.165) is 17.7 Å². The van der Waals surface area contributed by atoms with Crippen molar-refractivity contribution in [3.63, 3.8) is 0 Å². The van der Waals surface area contributed by atoms with Crippen LogP contribution in [0.5, 0.6) is 17.2 Å². The highest BCUT2D eigenvalue weighted by molar-refractivity contribution is 6.32. The van der Waals surface area contributed by atoms with E-state index in [9.17, 15) is 0 Å². The van der Waals surface area contributed by atoms with Gasteiger partial charge in [-0.2, -0.15) is 0 Å². The summed E-state index contributed by atoms with van der Waals surface area (Å²) in [7, 11) is 0. The van der Waals surface area contributed by atoms with Gasteiger partial charge in [0.2, 0.25) is 0 Å². The smallest absolute Gasteiger partial charge is 0.146 e. The molecule has 4 heteroatoms. The molecule has 2 aromatic rings. The van der Waals surface area contributed by atoms with E-state index in [0.29, 0.717) is 23.1 Å². The minimum absolute atomic E-state index is 0.0495. The van der Waals surface area contributed by atoms with Gasteiger partial charge < -0.3 is 15.2 Å². The normalized spacial score (nSPS) is 12.0. The van der Waals surface area contributed by atoms with Crippen molar-refractivity contribution in [1.29, 1.82) is 0 Å². The molecule has 0 saturated heterocycles. The van der Waals surface area contributed by atoms with Gasteiger partial charge in [0.15, 0.2) is 0 Å². The Bertz CT molecular complexity index is 582. The Kier molecular flexibility index (Phi) is 5.48. The van der Waals surface area contributed by atoms with Gasteiger partial charge in [0.25, 0.3) is 0 Å². The zero-order valence-corrected chi connectivity index (χ0v) is 13.1. The third kappa shape index (κ3) is 4.38. The zero-order valence-electron chi connectivity index (χ0n) is 12.3. The molecule has 0 bridgehead atoms. The van der Waals surface area contributed by atoms with Crippen LogP contribution in [0.15, 0.2) is 42.5 Å². The SMILES string of the molecule is CCCOc1ccc(Oc2ccc([C@H](C)N)cc2Cl)cc1. The molecule has 0 fully saturated rings. The van der Waals surface area contributed by atoms with E-state index in [1.807, 2.05) is 49.4 Å². The van der Waals surface area contributed by atoms with Crippen molar-refractivity contribution in [1.82, 2.24) is 0 Å². The van der Waals surface area contributed by atoms with Crippen molar-refractivity contribution in [2.45, 2.75) is 26.3 Å². The Morgan fingerprint density at radius 3 is 2.33 bits per heavy atom. The number of hydrogen-bond acceptors (Lipinski definition) is 3. The molecule has 21 heavy (non-hydrogen) atoms. The zero-order chi connectivity index (χ0) is 15.2. The summed E-state index contributed by atoms with van der Waals surface area (Å²) in [5.74, 6) is 2.17. The first-order valence-corrected chi connectivity index (χ1v) is 7.43. The van der Waals surface area contributed by atoms with Crippen LogP contribution < -0.4 is 15.2 Å². The molecule has 0 saturated carbocycles. The fraction of sp³-hybridized carbons (Fsp3) is 0.294. The van der Waals surface area contributed by atoms with Crippen molar-refractivity contribution in [2.75, 3.05) is 6.61 Å². The van der Waals surface area contributed by atoms with Crippen LogP contribution in [0.2, 0.25) is 5.02 Å². The highest BCUT2D eigenvalue weighted by Gasteiger charge is 2.07. The second-order valence-electron chi connectivity index (χ2n) is 4.90. The monoisotopic (exact) mass is 305 g/mol. The summed E-state index contributed by atoms with van der Waals surface area (Å²) < 4.78 is 11.3. The second-order valence-corrected chi connectivity index (χ2v) is 5.31. The van der Waals surface area contributed by atoms with Crippen LogP contribution in [0.25, 0.3) is 0 Å². The lowest BCUT2D eigenvalue weighted by Crippen LogP contribution is -2.04. The van der Waals surface area contributed by atoms with E-state index >= 15 is 0 Å². The molecular formula is C17H20ClNO2. The van der Waals surface area contributed by atoms with Crippen molar-refractivity contribution >= 4 is 11.6 Å². The maximum absolute atomic E-state index is 6.22. The lowest BCUT2D eigenvalue weighted by Gasteiger charge is -2.11. The number of benzene rings is 2. The minimum Gasteiger partial charge on any atom is -0.494 e. The molecule has 1 atom stereocenters. The molecule has 0 aliphatic heterocycles. The number of ether oxygens (including phenoxy) is 2. The lowest BCUT2D eigenvalue weighted by molar-refractivity contribution is 0.317. The van der Waals surface area contributed by atoms with Crippen molar-refractivity contribution in [3.05, 3.63) is 53.1 Å². The molecule has 0 amide bonds. The number of halogens is 1. The summed E-state index contributed by atoms with van der Waals surface area (Å²) in [6, 6.07) is 13.0. The molecule has 0 unspecified atom stereocenters. The Labute approximate surface area is 130 Å². The quantitative estimate of drug-likeness (QED) is 0.822. The Morgan fingerprint density at radius 1 is 1.10 bits per heavy atom. The summed E-state index contributed by atoms with van der Waals surface area (Å²) in [6.07, 6.45) is 0.986. The van der Waals surface area contributed by atoms with E-state index in [4.69, 9.17) is 26.8 Å². The molecule has 0 aliphatic rings. The average Bonchev–Trinajstić information content (AvgIpc) is 2.48. The average molecular weight is 306 g/mol. The van der Waals surface area contributed by atoms with E-state index in [-0.39, 0.29) is 6.04 Å². The van der Waals surface area contributed by atoms with Crippen LogP contribution in [0.1, 0.15) is 31.9 Å². The number of nitrogens with two attached hydrogens (primary N) is 1. The highest BCUT2D eigenvalue weighted by Crippen LogP contribution is 2.32. The maximum atomic E-state index is 6.22. The first kappa shape index (κ1) is 15.7. The van der Waals surface area contributed by atoms with Crippen molar-refractivity contribution in [3.8, 4) is 17.2 Å². The van der Waals surface area contributed by atoms with Gasteiger partial charge in [-0.05, 0) is 55.3 Å². The third-order valence-corrected chi connectivity index (χ3v) is 3.30. The Morgan fingerprint density at radius 2 is 1.76 bits per heavy atom. The maximum Gasteiger partial charge on any atom is 0.146 e. The largest absolute Gasteiger partial charge is 0.494 e. The first-order chi connectivity index (χ1) is 10.1. The molecule has 0 radical (unpaired) electrons. The van der Waals surface area contributed by atoms with Gasteiger partial charge in [0.1, 0.15) is 17.2 Å². The van der Waals surface area contributed by atoms with E-state index in [2.05, 4.69) is 6.92 Å². The standard InChI is InChI=1S/C17H20ClNO2/c1-3-10-20-14-5-7-15(8-6-14)21-17-9-4-13(12(2)19)11-16(17)18/h4-9,11-12H,3,10,19H2,1-2H3/t12-/m0/s1. The van der Waals surface area contributed by atoms with Gasteiger partial charge in [-0.15, -0.1) is 0 Å². The third-order valence-electron chi connectivity index (χ3n) is 3.01. The van der Waals surface area contributed by atoms with Crippen LogP contribution in [0.3, 0.4) is 0 Å². The number of rotatable bonds is 6. The molecule has 112 valence electrons. The van der Waals surface area contributed by atoms with Crippen LogP contribution in [-0.2, 0) is 0 Å². The van der Waals surface area contributed by atoms with E-state index in [1.165, 1.54) is 0 Å². The summed E-state index contributed by atoms with van der Waals surface area (Å²) in [4.78, 5) is 0. The highest BCUT2D eigenvalue weighted by atomic mass is 35.5. The molecule has 0 heterocycles. The van der Waals surface area contributed by atoms with Gasteiger partial charge in [-0.25, -0.2) is 0 Å². The summed E-state index contributed by atoms with van der Waals surface area (Å²) >= 11 is 6.22. The second kappa shape index (κ2) is 7.34. The van der Waals surface area contributed by atoms with Gasteiger partial charge in [0.05, 0.1) is 11.6 Å². The summed E-state index contributed by atoms with van der Waals surface area (Å²) in [5.41, 5.74) is 6.81. The van der Waals surface area contributed by atoms with Gasteiger partial charge in [0, 0.05) is 6.04 Å². The predicted octanol–water partition coefficient (Wildman–Crippen LogP) is 4.94. The molecule has 0 aliphatic carbocycles. The first-order valence-electron chi connectivity index (χ1n) is 7.06. The molecule has 3 nitrogen and oxygen atoms in total. The Balaban J connectivity index is 2.07. The van der Waals surface area contributed by atoms with Gasteiger partial charge in [-0.1, -0.05) is 24.6 Å². The molecular weight excluding hydrogens is 286 g/mol. The van der Waals surface area contributed by atoms with Crippen molar-refractivity contribution < 1.29 is 9.47 Å². The predicted molar refractivity (Wildman–Crippen MR) is 86.4 cm³/mol.